The Kier molecular flexibility index (Phi) is 2.33. The number of hydrogen-bond acceptors (Lipinski definition) is 0. The number of rotatable bonds is 0. The van der Waals surface area contributed by atoms with Crippen molar-refractivity contribution in [1.82, 2.24) is 0 Å². The molecule has 1 rings (SSSR count). The third-order valence-electron chi connectivity index (χ3n) is 0.678. The van der Waals surface area contributed by atoms with Crippen LogP contribution in [0.1, 0.15) is 0 Å². The van der Waals surface area contributed by atoms with Gasteiger partial charge in [0.05, 0.1) is 11.4 Å². The van der Waals surface area contributed by atoms with E-state index in [1.807, 2.05) is 0 Å². The van der Waals surface area contributed by atoms with Gasteiger partial charge in [0.2, 0.25) is 0 Å². The second-order valence-corrected chi connectivity index (χ2v) is 3.78. The molecule has 0 fully saturated rings. The molecule has 0 bridgehead atoms. The van der Waals surface area contributed by atoms with Crippen molar-refractivity contribution in [2.45, 2.75) is 0 Å². The summed E-state index contributed by atoms with van der Waals surface area (Å²) >= 11 is 0. The van der Waals surface area contributed by atoms with Crippen LogP contribution < -0.4 is 0 Å². The van der Waals surface area contributed by atoms with Crippen molar-refractivity contribution in [2.24, 2.45) is 0 Å². The fourth-order valence-electron chi connectivity index (χ4n) is 0.377. The summed E-state index contributed by atoms with van der Waals surface area (Å²) in [6, 6.07) is 0. The van der Waals surface area contributed by atoms with Gasteiger partial charge in [-0.2, -0.15) is 0 Å². The summed E-state index contributed by atoms with van der Waals surface area (Å²) in [5.74, 6) is 4.38. The molecular formula is C5H7P2+. The molecule has 7 heavy (non-hydrogen) atoms. The van der Waals surface area contributed by atoms with Crippen LogP contribution in [-0.4, -0.2) is 5.54 Å². The van der Waals surface area contributed by atoms with Crippen LogP contribution >= 0.6 is 16.8 Å². The average molecular weight is 129 g/mol. The van der Waals surface area contributed by atoms with Gasteiger partial charge in [-0.1, -0.05) is 6.08 Å². The molecule has 1 heterocycles. The second-order valence-electron chi connectivity index (χ2n) is 1.22. The van der Waals surface area contributed by atoms with Gasteiger partial charge in [0.1, 0.15) is 0 Å². The highest BCUT2D eigenvalue weighted by Crippen LogP contribution is 2.15. The molecule has 0 amide bonds. The quantitative estimate of drug-likeness (QED) is 0.439. The fourth-order valence-corrected chi connectivity index (χ4v) is 2.02. The average Bonchev–Trinajstić information content (AvgIpc) is 1.90. The van der Waals surface area contributed by atoms with Gasteiger partial charge in [-0.15, -0.1) is 0 Å². The molecule has 1 atom stereocenters. The Hall–Kier alpha value is 0.0800. The lowest BCUT2D eigenvalue weighted by Crippen LogP contribution is -1.36. The summed E-state index contributed by atoms with van der Waals surface area (Å²) < 4.78 is 0. The largest absolute Gasteiger partial charge is 0.0841 e. The van der Waals surface area contributed by atoms with E-state index in [-0.39, 0.29) is 0 Å². The van der Waals surface area contributed by atoms with E-state index in [2.05, 4.69) is 29.3 Å². The molecule has 0 spiro atoms. The van der Waals surface area contributed by atoms with Crippen LogP contribution in [0.5, 0.6) is 0 Å². The zero-order chi connectivity index (χ0) is 4.95. The first kappa shape index (κ1) is 5.22. The van der Waals surface area contributed by atoms with Crippen LogP contribution in [0.3, 0.4) is 0 Å². The summed E-state index contributed by atoms with van der Waals surface area (Å²) in [7, 11) is 1.88. The molecule has 2 heteroatoms. The third-order valence-corrected chi connectivity index (χ3v) is 2.84. The molecule has 0 radical (unpaired) electrons. The van der Waals surface area contributed by atoms with Gasteiger partial charge < -0.3 is 0 Å². The Morgan fingerprint density at radius 1 is 1.29 bits per heavy atom. The molecule has 1 aliphatic rings. The minimum Gasteiger partial charge on any atom is -0.0543 e. The summed E-state index contributed by atoms with van der Waals surface area (Å²) in [6.07, 6.45) is 4.21. The Morgan fingerprint density at radius 3 is 3.29 bits per heavy atom. The highest BCUT2D eigenvalue weighted by molar-refractivity contribution is 7.72. The summed E-state index contributed by atoms with van der Waals surface area (Å²) in [5, 5.41) is 0. The smallest absolute Gasteiger partial charge is 0.0543 e. The summed E-state index contributed by atoms with van der Waals surface area (Å²) in [4.78, 5) is 0. The minimum absolute atomic E-state index is 0.504. The van der Waals surface area contributed by atoms with Gasteiger partial charge in [-0.25, -0.2) is 0 Å². The first-order valence-corrected chi connectivity index (χ1v) is 4.55. The first-order chi connectivity index (χ1) is 3.50. The van der Waals surface area contributed by atoms with Crippen LogP contribution in [-0.2, 0) is 0 Å². The molecule has 0 aromatic rings. The Bertz CT molecular complexity index is 108. The monoisotopic (exact) mass is 129 g/mol. The first-order valence-electron chi connectivity index (χ1n) is 2.18. The zero-order valence-electron chi connectivity index (χ0n) is 3.91. The van der Waals surface area contributed by atoms with Crippen molar-refractivity contribution >= 4 is 22.3 Å². The Labute approximate surface area is 46.9 Å². The highest BCUT2D eigenvalue weighted by atomic mass is 31.1. The topological polar surface area (TPSA) is 0 Å². The molecule has 36 valence electrons. The van der Waals surface area contributed by atoms with Crippen LogP contribution in [0.4, 0.5) is 0 Å². The van der Waals surface area contributed by atoms with Crippen molar-refractivity contribution < 1.29 is 0 Å². The maximum atomic E-state index is 2.31. The van der Waals surface area contributed by atoms with E-state index in [9.17, 15) is 0 Å². The number of allylic oxidation sites excluding steroid dienone is 2. The maximum Gasteiger partial charge on any atom is 0.0841 e. The van der Waals surface area contributed by atoms with E-state index < -0.39 is 0 Å². The van der Waals surface area contributed by atoms with Gasteiger partial charge in [0, 0.05) is 8.58 Å². The van der Waals surface area contributed by atoms with Crippen molar-refractivity contribution in [3.05, 3.63) is 23.8 Å². The SMILES string of the molecule is C1=CP=C[PH2+]C=C1. The number of hydrogen-bond donors (Lipinski definition) is 0. The lowest BCUT2D eigenvalue weighted by atomic mass is 10.6. The van der Waals surface area contributed by atoms with Crippen LogP contribution in [0.25, 0.3) is 0 Å². The third kappa shape index (κ3) is 2.02. The zero-order valence-corrected chi connectivity index (χ0v) is 5.96. The summed E-state index contributed by atoms with van der Waals surface area (Å²) in [6.45, 7) is 0. The molecule has 0 nitrogen and oxygen atoms in total. The molecule has 0 saturated carbocycles. The molecule has 0 saturated heterocycles. The normalized spacial score (nSPS) is 22.9. The second kappa shape index (κ2) is 3.13. The van der Waals surface area contributed by atoms with Crippen LogP contribution in [0.15, 0.2) is 23.8 Å². The molecular weight excluding hydrogens is 122 g/mol. The van der Waals surface area contributed by atoms with Crippen molar-refractivity contribution in [3.63, 3.8) is 0 Å². The van der Waals surface area contributed by atoms with Crippen molar-refractivity contribution in [1.29, 1.82) is 0 Å². The van der Waals surface area contributed by atoms with Gasteiger partial charge in [0.15, 0.2) is 0 Å². The van der Waals surface area contributed by atoms with E-state index in [0.717, 1.165) is 0 Å². The highest BCUT2D eigenvalue weighted by Gasteiger charge is 1.78. The van der Waals surface area contributed by atoms with E-state index >= 15 is 0 Å². The molecule has 1 unspecified atom stereocenters. The fraction of sp³-hybridized carbons (Fsp3) is 0. The van der Waals surface area contributed by atoms with Gasteiger partial charge in [-0.05, 0) is 20.1 Å². The van der Waals surface area contributed by atoms with Crippen LogP contribution in [0, 0.1) is 0 Å². The van der Waals surface area contributed by atoms with Crippen molar-refractivity contribution in [2.75, 3.05) is 0 Å². The van der Waals surface area contributed by atoms with Gasteiger partial charge in [0.25, 0.3) is 0 Å². The molecule has 0 aromatic heterocycles. The lowest BCUT2D eigenvalue weighted by Gasteiger charge is -1.60. The van der Waals surface area contributed by atoms with E-state index in [1.165, 1.54) is 8.20 Å². The minimum atomic E-state index is 0.504. The Balaban J connectivity index is 2.60. The Morgan fingerprint density at radius 2 is 2.29 bits per heavy atom. The molecule has 0 N–H and O–H groups in total. The standard InChI is InChI=1S/C5H6P2/c1-2-4-7-5-6-3-1/h1-6H/p+1. The predicted molar refractivity (Wildman–Crippen MR) is 41.0 cm³/mol. The lowest BCUT2D eigenvalue weighted by molar-refractivity contribution is 2.10. The summed E-state index contributed by atoms with van der Waals surface area (Å²) in [5.41, 5.74) is 2.31. The molecule has 1 aliphatic heterocycles. The predicted octanol–water partition coefficient (Wildman–Crippen LogP) is 2.14. The van der Waals surface area contributed by atoms with Gasteiger partial charge >= 0.3 is 0 Å². The molecule has 0 aromatic carbocycles. The van der Waals surface area contributed by atoms with Crippen molar-refractivity contribution in [3.8, 4) is 0 Å². The van der Waals surface area contributed by atoms with E-state index in [1.54, 1.807) is 0 Å². The maximum absolute atomic E-state index is 2.31. The van der Waals surface area contributed by atoms with E-state index in [4.69, 9.17) is 0 Å². The van der Waals surface area contributed by atoms with Gasteiger partial charge in [-0.3, -0.25) is 0 Å². The van der Waals surface area contributed by atoms with Crippen LogP contribution in [0.2, 0.25) is 0 Å². The van der Waals surface area contributed by atoms with E-state index in [0.29, 0.717) is 8.58 Å². The molecule has 0 aliphatic carbocycles.